The van der Waals surface area contributed by atoms with Crippen LogP contribution in [0.3, 0.4) is 0 Å². The minimum atomic E-state index is -0.957. The van der Waals surface area contributed by atoms with Crippen LogP contribution in [0.4, 0.5) is 0 Å². The first-order chi connectivity index (χ1) is 18.4. The topological polar surface area (TPSA) is 88.5 Å². The Hall–Kier alpha value is -3.61. The predicted molar refractivity (Wildman–Crippen MR) is 150 cm³/mol. The fourth-order valence-electron chi connectivity index (χ4n) is 4.44. The van der Waals surface area contributed by atoms with Gasteiger partial charge in [-0.3, -0.25) is 14.6 Å². The molecule has 0 saturated carbocycles. The third-order valence-corrected chi connectivity index (χ3v) is 6.79. The lowest BCUT2D eigenvalue weighted by molar-refractivity contribution is -0.136. The van der Waals surface area contributed by atoms with Crippen LogP contribution in [0.25, 0.3) is 10.9 Å². The highest BCUT2D eigenvalue weighted by Crippen LogP contribution is 2.40. The molecule has 2 atom stereocenters. The Morgan fingerprint density at radius 2 is 1.63 bits per heavy atom. The van der Waals surface area contributed by atoms with Gasteiger partial charge in [0.05, 0.1) is 11.9 Å². The Kier molecular flexibility index (Phi) is 9.21. The van der Waals surface area contributed by atoms with Gasteiger partial charge in [0, 0.05) is 39.7 Å². The summed E-state index contributed by atoms with van der Waals surface area (Å²) in [4.78, 5) is 27.6. The van der Waals surface area contributed by atoms with Gasteiger partial charge in [-0.15, -0.1) is 0 Å². The Morgan fingerprint density at radius 1 is 0.947 bits per heavy atom. The van der Waals surface area contributed by atoms with Crippen molar-refractivity contribution in [3.63, 3.8) is 0 Å². The number of ether oxygens (including phenoxy) is 1. The number of carboxylic acids is 1. The van der Waals surface area contributed by atoms with E-state index in [-0.39, 0.29) is 30.9 Å². The van der Waals surface area contributed by atoms with E-state index in [0.717, 1.165) is 34.9 Å². The molecular weight excluding hydrogens is 523 g/mol. The second-order valence-corrected chi connectivity index (χ2v) is 9.85. The van der Waals surface area contributed by atoms with Crippen molar-refractivity contribution in [1.82, 2.24) is 10.3 Å². The number of fused-ring (bicyclic) bond motifs is 1. The Bertz CT molecular complexity index is 1410. The van der Waals surface area contributed by atoms with Crippen LogP contribution < -0.4 is 10.1 Å². The summed E-state index contributed by atoms with van der Waals surface area (Å²) in [6, 6.07) is 22.4. The molecule has 0 fully saturated rings. The summed E-state index contributed by atoms with van der Waals surface area (Å²) in [6.45, 7) is 2.20. The highest BCUT2D eigenvalue weighted by molar-refractivity contribution is 6.31. The van der Waals surface area contributed by atoms with Crippen LogP contribution in [0.2, 0.25) is 10.0 Å². The minimum absolute atomic E-state index is 0.0270. The van der Waals surface area contributed by atoms with Crippen molar-refractivity contribution in [1.29, 1.82) is 0 Å². The van der Waals surface area contributed by atoms with Gasteiger partial charge in [-0.1, -0.05) is 60.8 Å². The second kappa shape index (κ2) is 12.8. The first-order valence-corrected chi connectivity index (χ1v) is 13.2. The van der Waals surface area contributed by atoms with Gasteiger partial charge in [0.1, 0.15) is 11.9 Å². The van der Waals surface area contributed by atoms with Crippen LogP contribution in [-0.4, -0.2) is 28.5 Å². The molecule has 6 nitrogen and oxygen atoms in total. The normalized spacial score (nSPS) is 12.6. The molecule has 1 aromatic heterocycles. The monoisotopic (exact) mass is 550 g/mol. The van der Waals surface area contributed by atoms with Crippen molar-refractivity contribution in [3.8, 4) is 5.75 Å². The van der Waals surface area contributed by atoms with Crippen molar-refractivity contribution >= 4 is 46.0 Å². The number of hydrogen-bond donors (Lipinski definition) is 2. The number of carbonyl (C=O) groups excluding carboxylic acids is 1. The van der Waals surface area contributed by atoms with Crippen LogP contribution in [-0.2, 0) is 4.79 Å². The number of hydrogen-bond acceptors (Lipinski definition) is 4. The number of rotatable bonds is 11. The zero-order chi connectivity index (χ0) is 27.1. The van der Waals surface area contributed by atoms with E-state index in [4.69, 9.17) is 33.0 Å². The average molecular weight is 551 g/mol. The molecule has 3 aromatic carbocycles. The quantitative estimate of drug-likeness (QED) is 0.202. The molecule has 8 heteroatoms. The van der Waals surface area contributed by atoms with Crippen molar-refractivity contribution in [2.75, 3.05) is 6.54 Å². The summed E-state index contributed by atoms with van der Waals surface area (Å²) < 4.78 is 6.75. The number of halogens is 2. The van der Waals surface area contributed by atoms with Crippen LogP contribution in [0.15, 0.2) is 79.0 Å². The zero-order valence-electron chi connectivity index (χ0n) is 20.9. The summed E-state index contributed by atoms with van der Waals surface area (Å²) in [5, 5.41) is 13.5. The predicted octanol–water partition coefficient (Wildman–Crippen LogP) is 7.45. The lowest BCUT2D eigenvalue weighted by Gasteiger charge is -2.29. The molecule has 0 aliphatic heterocycles. The summed E-state index contributed by atoms with van der Waals surface area (Å²) >= 11 is 12.4. The van der Waals surface area contributed by atoms with Gasteiger partial charge >= 0.3 is 5.97 Å². The second-order valence-electron chi connectivity index (χ2n) is 8.98. The number of aliphatic carboxylic acids is 1. The summed E-state index contributed by atoms with van der Waals surface area (Å²) in [7, 11) is 0. The van der Waals surface area contributed by atoms with Crippen LogP contribution in [0, 0.1) is 0 Å². The molecule has 0 spiro atoms. The van der Waals surface area contributed by atoms with E-state index in [9.17, 15) is 9.59 Å². The first-order valence-electron chi connectivity index (χ1n) is 12.4. The zero-order valence-corrected chi connectivity index (χ0v) is 22.4. The lowest BCUT2D eigenvalue weighted by atomic mass is 9.85. The molecule has 1 heterocycles. The number of carbonyl (C=O) groups is 2. The third kappa shape index (κ3) is 6.82. The van der Waals surface area contributed by atoms with Crippen LogP contribution in [0.5, 0.6) is 5.75 Å². The maximum absolute atomic E-state index is 12.5. The van der Waals surface area contributed by atoms with Crippen molar-refractivity contribution in [2.24, 2.45) is 0 Å². The summed E-state index contributed by atoms with van der Waals surface area (Å²) in [6.07, 6.45) is 3.00. The molecule has 38 heavy (non-hydrogen) atoms. The number of pyridine rings is 1. The SMILES string of the molecule is CCC[C@H](c1ccc(C(=O)NCCC(=O)O)cc1)C(Oc1ccnc2cc(Cl)ccc12)c1ccc(Cl)cc1. The largest absolute Gasteiger partial charge is 0.484 e. The van der Waals surface area contributed by atoms with Gasteiger partial charge in [-0.25, -0.2) is 0 Å². The number of benzene rings is 3. The van der Waals surface area contributed by atoms with Gasteiger partial charge in [-0.05, 0) is 66.1 Å². The Morgan fingerprint density at radius 3 is 2.32 bits per heavy atom. The molecule has 0 aliphatic rings. The molecule has 4 rings (SSSR count). The molecule has 0 bridgehead atoms. The highest BCUT2D eigenvalue weighted by atomic mass is 35.5. The Balaban J connectivity index is 1.68. The lowest BCUT2D eigenvalue weighted by Crippen LogP contribution is -2.26. The number of carboxylic acid groups (broad SMARTS) is 1. The van der Waals surface area contributed by atoms with E-state index in [0.29, 0.717) is 21.4 Å². The number of amides is 1. The molecule has 2 N–H and O–H groups in total. The number of aromatic nitrogens is 1. The highest BCUT2D eigenvalue weighted by Gasteiger charge is 2.27. The number of nitrogens with one attached hydrogen (secondary N) is 1. The van der Waals surface area contributed by atoms with Crippen molar-refractivity contribution in [2.45, 2.75) is 38.2 Å². The van der Waals surface area contributed by atoms with Gasteiger partial charge < -0.3 is 15.2 Å². The van der Waals surface area contributed by atoms with E-state index in [1.165, 1.54) is 0 Å². The number of nitrogens with zero attached hydrogens (tertiary/aromatic N) is 1. The van der Waals surface area contributed by atoms with Crippen molar-refractivity contribution < 1.29 is 19.4 Å². The molecule has 1 amide bonds. The minimum Gasteiger partial charge on any atom is -0.484 e. The molecular formula is C30H28Cl2N2O4. The molecule has 1 unspecified atom stereocenters. The fraction of sp³-hybridized carbons (Fsp3) is 0.233. The average Bonchev–Trinajstić information content (AvgIpc) is 2.91. The molecule has 0 saturated heterocycles. The Labute approximate surface area is 231 Å². The van der Waals surface area contributed by atoms with Gasteiger partial charge in [0.2, 0.25) is 0 Å². The standard InChI is InChI=1S/C30H28Cl2N2O4/c1-2-3-24(19-4-6-21(7-5-19)30(37)34-17-15-28(35)36)29(20-8-10-22(31)11-9-20)38-27-14-16-33-26-18-23(32)12-13-25(26)27/h4-14,16,18,24,29H,2-3,15,17H2,1H3,(H,34,37)(H,35,36)/t24-,29?/m1/s1. The third-order valence-electron chi connectivity index (χ3n) is 6.31. The van der Waals surface area contributed by atoms with E-state index in [2.05, 4.69) is 17.2 Å². The fourth-order valence-corrected chi connectivity index (χ4v) is 4.73. The summed E-state index contributed by atoms with van der Waals surface area (Å²) in [5.74, 6) is -0.596. The van der Waals surface area contributed by atoms with Gasteiger partial charge in [-0.2, -0.15) is 0 Å². The van der Waals surface area contributed by atoms with Crippen molar-refractivity contribution in [3.05, 3.63) is 106 Å². The molecule has 0 aliphatic carbocycles. The first kappa shape index (κ1) is 27.4. The maximum Gasteiger partial charge on any atom is 0.305 e. The van der Waals surface area contributed by atoms with E-state index in [1.807, 2.05) is 60.7 Å². The smallest absolute Gasteiger partial charge is 0.305 e. The van der Waals surface area contributed by atoms with Crippen LogP contribution in [0.1, 0.15) is 59.7 Å². The van der Waals surface area contributed by atoms with E-state index in [1.54, 1.807) is 18.3 Å². The maximum atomic E-state index is 12.5. The van der Waals surface area contributed by atoms with E-state index < -0.39 is 5.97 Å². The molecule has 4 aromatic rings. The van der Waals surface area contributed by atoms with E-state index >= 15 is 0 Å². The van der Waals surface area contributed by atoms with Gasteiger partial charge in [0.15, 0.2) is 0 Å². The summed E-state index contributed by atoms with van der Waals surface area (Å²) in [5.41, 5.74) is 3.21. The van der Waals surface area contributed by atoms with Gasteiger partial charge in [0.25, 0.3) is 5.91 Å². The molecule has 196 valence electrons. The van der Waals surface area contributed by atoms with Crippen LogP contribution >= 0.6 is 23.2 Å². The molecule has 0 radical (unpaired) electrons.